The van der Waals surface area contributed by atoms with Crippen molar-refractivity contribution in [1.82, 2.24) is 5.32 Å². The third-order valence-electron chi connectivity index (χ3n) is 3.54. The van der Waals surface area contributed by atoms with E-state index in [1.165, 1.54) is 18.2 Å². The maximum absolute atomic E-state index is 12.5. The lowest BCUT2D eigenvalue weighted by molar-refractivity contribution is 0.537. The normalized spacial score (nSPS) is 23.7. The van der Waals surface area contributed by atoms with Crippen LogP contribution in [0.3, 0.4) is 0 Å². The minimum Gasteiger partial charge on any atom is -0.314 e. The van der Waals surface area contributed by atoms with Crippen molar-refractivity contribution in [2.75, 3.05) is 6.54 Å². The summed E-state index contributed by atoms with van der Waals surface area (Å²) in [6.07, 6.45) is 2.26. The first-order valence-corrected chi connectivity index (χ1v) is 8.67. The number of benzene rings is 1. The number of hydrogen-bond acceptors (Lipinski definition) is 3. The first-order chi connectivity index (χ1) is 8.95. The molecule has 106 valence electrons. The summed E-state index contributed by atoms with van der Waals surface area (Å²) in [6, 6.07) is 4.81. The fourth-order valence-corrected chi connectivity index (χ4v) is 4.76. The number of sulfone groups is 1. The predicted octanol–water partition coefficient (Wildman–Crippen LogP) is 3.30. The number of halogens is 2. The summed E-state index contributed by atoms with van der Waals surface area (Å²) < 4.78 is 25.0. The minimum absolute atomic E-state index is 0.268. The Bertz CT molecular complexity index is 560. The van der Waals surface area contributed by atoms with Crippen LogP contribution in [0.4, 0.5) is 0 Å². The largest absolute Gasteiger partial charge is 0.314 e. The Hall–Kier alpha value is -0.290. The van der Waals surface area contributed by atoms with Crippen molar-refractivity contribution < 1.29 is 8.42 Å². The molecule has 0 aromatic heterocycles. The molecule has 2 atom stereocenters. The molecule has 2 unspecified atom stereocenters. The van der Waals surface area contributed by atoms with E-state index in [0.29, 0.717) is 23.9 Å². The first-order valence-electron chi connectivity index (χ1n) is 6.37. The molecule has 2 rings (SSSR count). The van der Waals surface area contributed by atoms with Crippen molar-refractivity contribution in [3.63, 3.8) is 0 Å². The highest BCUT2D eigenvalue weighted by Crippen LogP contribution is 2.32. The second kappa shape index (κ2) is 6.00. The highest BCUT2D eigenvalue weighted by atomic mass is 35.5. The van der Waals surface area contributed by atoms with Gasteiger partial charge in [-0.15, -0.1) is 0 Å². The third-order valence-corrected chi connectivity index (χ3v) is 6.49. The van der Waals surface area contributed by atoms with E-state index >= 15 is 0 Å². The molecule has 0 aliphatic heterocycles. The van der Waals surface area contributed by atoms with Crippen LogP contribution in [0.5, 0.6) is 0 Å². The number of rotatable bonds is 4. The van der Waals surface area contributed by atoms with Crippen LogP contribution in [0.15, 0.2) is 23.1 Å². The van der Waals surface area contributed by atoms with E-state index in [9.17, 15) is 8.42 Å². The molecule has 0 saturated heterocycles. The van der Waals surface area contributed by atoms with Gasteiger partial charge in [-0.1, -0.05) is 30.1 Å². The molecule has 1 saturated carbocycles. The van der Waals surface area contributed by atoms with Gasteiger partial charge >= 0.3 is 0 Å². The van der Waals surface area contributed by atoms with Crippen LogP contribution < -0.4 is 5.32 Å². The summed E-state index contributed by atoms with van der Waals surface area (Å²) >= 11 is 11.7. The minimum atomic E-state index is -3.31. The van der Waals surface area contributed by atoms with Gasteiger partial charge < -0.3 is 5.32 Å². The quantitative estimate of drug-likeness (QED) is 0.925. The van der Waals surface area contributed by atoms with Crippen LogP contribution in [-0.2, 0) is 9.84 Å². The van der Waals surface area contributed by atoms with Gasteiger partial charge in [-0.25, -0.2) is 8.42 Å². The molecule has 1 N–H and O–H groups in total. The second-order valence-electron chi connectivity index (χ2n) is 4.81. The molecular weight excluding hydrogens is 305 g/mol. The molecule has 0 spiro atoms. The van der Waals surface area contributed by atoms with Gasteiger partial charge in [0.2, 0.25) is 0 Å². The molecular formula is C13H17Cl2NO2S. The van der Waals surface area contributed by atoms with Gasteiger partial charge in [0.05, 0.1) is 20.2 Å². The molecule has 1 aromatic carbocycles. The smallest absolute Gasteiger partial charge is 0.181 e. The molecule has 0 bridgehead atoms. The Morgan fingerprint density at radius 1 is 1.26 bits per heavy atom. The van der Waals surface area contributed by atoms with E-state index < -0.39 is 9.84 Å². The van der Waals surface area contributed by atoms with Crippen LogP contribution in [0.25, 0.3) is 0 Å². The lowest BCUT2D eigenvalue weighted by atomic mass is 10.2. The maximum atomic E-state index is 12.5. The summed E-state index contributed by atoms with van der Waals surface area (Å²) in [5, 5.41) is 3.64. The van der Waals surface area contributed by atoms with Crippen LogP contribution in [-0.4, -0.2) is 26.3 Å². The molecule has 1 aliphatic rings. The molecule has 1 aliphatic carbocycles. The summed E-state index contributed by atoms with van der Waals surface area (Å²) in [7, 11) is -3.31. The van der Waals surface area contributed by atoms with Crippen molar-refractivity contribution in [2.24, 2.45) is 0 Å². The van der Waals surface area contributed by atoms with Crippen molar-refractivity contribution in [2.45, 2.75) is 42.4 Å². The standard InChI is InChI=1S/C13H17Cl2NO2S/c1-2-16-9-3-4-10(7-9)19(17,18)11-5-6-12(14)13(15)8-11/h5-6,8-10,16H,2-4,7H2,1H3. The monoisotopic (exact) mass is 321 g/mol. The Kier molecular flexibility index (Phi) is 4.77. The zero-order valence-electron chi connectivity index (χ0n) is 10.7. The Labute approximate surface area is 124 Å². The Morgan fingerprint density at radius 3 is 2.63 bits per heavy atom. The third kappa shape index (κ3) is 3.24. The average molecular weight is 322 g/mol. The zero-order valence-corrected chi connectivity index (χ0v) is 13.0. The number of hydrogen-bond donors (Lipinski definition) is 1. The second-order valence-corrected chi connectivity index (χ2v) is 7.85. The molecule has 19 heavy (non-hydrogen) atoms. The summed E-state index contributed by atoms with van der Waals surface area (Å²) in [4.78, 5) is 0.268. The molecule has 0 radical (unpaired) electrons. The SMILES string of the molecule is CCNC1CCC(S(=O)(=O)c2ccc(Cl)c(Cl)c2)C1. The fourth-order valence-electron chi connectivity index (χ4n) is 2.54. The van der Waals surface area contributed by atoms with Crippen LogP contribution in [0.1, 0.15) is 26.2 Å². The zero-order chi connectivity index (χ0) is 14.0. The highest BCUT2D eigenvalue weighted by molar-refractivity contribution is 7.92. The molecule has 1 aromatic rings. The topological polar surface area (TPSA) is 46.2 Å². The van der Waals surface area contributed by atoms with Crippen molar-refractivity contribution in [1.29, 1.82) is 0 Å². The lowest BCUT2D eigenvalue weighted by Gasteiger charge is -2.13. The number of nitrogens with one attached hydrogen (secondary N) is 1. The average Bonchev–Trinajstić information content (AvgIpc) is 2.82. The molecule has 0 amide bonds. The molecule has 6 heteroatoms. The van der Waals surface area contributed by atoms with E-state index in [4.69, 9.17) is 23.2 Å². The van der Waals surface area contributed by atoms with E-state index in [0.717, 1.165) is 13.0 Å². The van der Waals surface area contributed by atoms with Crippen molar-refractivity contribution in [3.8, 4) is 0 Å². The van der Waals surface area contributed by atoms with Gasteiger partial charge in [-0.05, 0) is 44.0 Å². The highest BCUT2D eigenvalue weighted by Gasteiger charge is 2.35. The van der Waals surface area contributed by atoms with Crippen molar-refractivity contribution in [3.05, 3.63) is 28.2 Å². The summed E-state index contributed by atoms with van der Waals surface area (Å²) in [5.41, 5.74) is 0. The van der Waals surface area contributed by atoms with Gasteiger partial charge in [-0.3, -0.25) is 0 Å². The lowest BCUT2D eigenvalue weighted by Crippen LogP contribution is -2.28. The van der Waals surface area contributed by atoms with E-state index in [1.807, 2.05) is 6.92 Å². The predicted molar refractivity (Wildman–Crippen MR) is 78.8 cm³/mol. The Morgan fingerprint density at radius 2 is 2.00 bits per heavy atom. The molecule has 3 nitrogen and oxygen atoms in total. The first kappa shape index (κ1) is 15.1. The van der Waals surface area contributed by atoms with Gasteiger partial charge in [-0.2, -0.15) is 0 Å². The Balaban J connectivity index is 2.21. The maximum Gasteiger partial charge on any atom is 0.181 e. The van der Waals surface area contributed by atoms with Crippen molar-refractivity contribution >= 4 is 33.0 Å². The van der Waals surface area contributed by atoms with E-state index in [-0.39, 0.29) is 15.2 Å². The van der Waals surface area contributed by atoms with Gasteiger partial charge in [0.1, 0.15) is 0 Å². The molecule has 1 fully saturated rings. The van der Waals surface area contributed by atoms with E-state index in [2.05, 4.69) is 5.32 Å². The molecule has 0 heterocycles. The van der Waals surface area contributed by atoms with Crippen LogP contribution in [0.2, 0.25) is 10.0 Å². The van der Waals surface area contributed by atoms with Gasteiger partial charge in [0.25, 0.3) is 0 Å². The fraction of sp³-hybridized carbons (Fsp3) is 0.538. The van der Waals surface area contributed by atoms with E-state index in [1.54, 1.807) is 0 Å². The van der Waals surface area contributed by atoms with Crippen LogP contribution in [0, 0.1) is 0 Å². The van der Waals surface area contributed by atoms with Gasteiger partial charge in [0.15, 0.2) is 9.84 Å². The van der Waals surface area contributed by atoms with Gasteiger partial charge in [0, 0.05) is 6.04 Å². The summed E-state index contributed by atoms with van der Waals surface area (Å²) in [6.45, 7) is 2.89. The van der Waals surface area contributed by atoms with Crippen LogP contribution >= 0.6 is 23.2 Å². The summed E-state index contributed by atoms with van der Waals surface area (Å²) in [5.74, 6) is 0.